The average molecular weight is 489 g/mol. The van der Waals surface area contributed by atoms with E-state index >= 15 is 0 Å². The van der Waals surface area contributed by atoms with Gasteiger partial charge >= 0.3 is 12.6 Å². The first-order valence-corrected chi connectivity index (χ1v) is 12.0. The van der Waals surface area contributed by atoms with Crippen LogP contribution in [0, 0.1) is 0 Å². The number of esters is 1. The van der Waals surface area contributed by atoms with Gasteiger partial charge in [-0.2, -0.15) is 8.78 Å². The maximum atomic E-state index is 13.0. The quantitative estimate of drug-likeness (QED) is 0.493. The van der Waals surface area contributed by atoms with E-state index in [4.69, 9.17) is 19.3 Å². The van der Waals surface area contributed by atoms with Crippen molar-refractivity contribution in [2.75, 3.05) is 6.61 Å². The number of halogens is 2. The number of rotatable bonds is 7. The smallest absolute Gasteiger partial charge is 0.387 e. The van der Waals surface area contributed by atoms with Crippen LogP contribution in [-0.4, -0.2) is 27.6 Å². The molecule has 1 heterocycles. The molecular formula is C24H21F2NO6S. The minimum atomic E-state index is -3.81. The van der Waals surface area contributed by atoms with E-state index in [0.29, 0.717) is 39.1 Å². The number of carbonyl (C=O) groups excluding carboxylic acids is 1. The van der Waals surface area contributed by atoms with Gasteiger partial charge in [0.2, 0.25) is 10.0 Å². The van der Waals surface area contributed by atoms with E-state index in [2.05, 4.69) is 0 Å². The molecule has 0 fully saturated rings. The second kappa shape index (κ2) is 9.40. The third kappa shape index (κ3) is 5.02. The molecule has 0 saturated carbocycles. The summed E-state index contributed by atoms with van der Waals surface area (Å²) in [4.78, 5) is 12.0. The molecule has 0 amide bonds. The zero-order chi connectivity index (χ0) is 24.5. The first-order chi connectivity index (χ1) is 16.2. The fourth-order valence-electron chi connectivity index (χ4n) is 3.89. The molecule has 0 bridgehead atoms. The molecule has 3 aromatic rings. The summed E-state index contributed by atoms with van der Waals surface area (Å²) in [6.45, 7) is -1.08. The molecular weight excluding hydrogens is 468 g/mol. The molecule has 0 saturated heterocycles. The van der Waals surface area contributed by atoms with Crippen LogP contribution in [0.1, 0.15) is 40.1 Å². The lowest BCUT2D eigenvalue weighted by Gasteiger charge is -2.30. The van der Waals surface area contributed by atoms with Gasteiger partial charge in [0, 0.05) is 5.56 Å². The van der Waals surface area contributed by atoms with E-state index in [0.717, 1.165) is 0 Å². The van der Waals surface area contributed by atoms with Crippen molar-refractivity contribution in [1.82, 2.24) is 0 Å². The summed E-state index contributed by atoms with van der Waals surface area (Å²) in [5.41, 5.74) is 2.86. The Morgan fingerprint density at radius 3 is 2.50 bits per heavy atom. The molecule has 1 aliphatic heterocycles. The summed E-state index contributed by atoms with van der Waals surface area (Å²) in [7, 11) is -3.81. The van der Waals surface area contributed by atoms with Crippen LogP contribution in [0.3, 0.4) is 0 Å². The van der Waals surface area contributed by atoms with Gasteiger partial charge in [0.15, 0.2) is 0 Å². The van der Waals surface area contributed by atoms with E-state index in [1.54, 1.807) is 55.5 Å². The minimum Gasteiger partial charge on any atom is -0.480 e. The number of sulfonamides is 1. The van der Waals surface area contributed by atoms with Gasteiger partial charge in [-0.3, -0.25) is 0 Å². The summed E-state index contributed by atoms with van der Waals surface area (Å²) >= 11 is 0. The highest BCUT2D eigenvalue weighted by Gasteiger charge is 2.31. The first kappa shape index (κ1) is 23.7. The van der Waals surface area contributed by atoms with Gasteiger partial charge in [-0.15, -0.1) is 0 Å². The van der Waals surface area contributed by atoms with E-state index in [9.17, 15) is 22.0 Å². The standard InChI is InChI=1S/C24H21F2NO6S/c1-2-31-23(28)16-9-7-15(8-10-16)22-18-12-14(13-34(27,29)30)6-11-17(18)21-19(32-22)4-3-5-20(21)33-24(25)26/h3-12,22,24H,2,13H2,1H3,(H2,27,29,30). The topological polar surface area (TPSA) is 105 Å². The molecule has 7 nitrogen and oxygen atoms in total. The van der Waals surface area contributed by atoms with Gasteiger partial charge in [-0.05, 0) is 47.9 Å². The molecule has 0 aliphatic carbocycles. The molecule has 0 aromatic heterocycles. The number of hydrogen-bond donors (Lipinski definition) is 1. The van der Waals surface area contributed by atoms with Crippen LogP contribution in [0.25, 0.3) is 11.1 Å². The second-order valence-electron chi connectivity index (χ2n) is 7.58. The highest BCUT2D eigenvalue weighted by atomic mass is 32.2. The van der Waals surface area contributed by atoms with Crippen molar-refractivity contribution in [1.29, 1.82) is 0 Å². The summed E-state index contributed by atoms with van der Waals surface area (Å²) in [6, 6.07) is 16.0. The van der Waals surface area contributed by atoms with Gasteiger partial charge in [0.05, 0.1) is 23.5 Å². The van der Waals surface area contributed by atoms with Crippen LogP contribution in [0.2, 0.25) is 0 Å². The predicted molar refractivity (Wildman–Crippen MR) is 120 cm³/mol. The number of hydrogen-bond acceptors (Lipinski definition) is 6. The Bertz CT molecular complexity index is 1330. The predicted octanol–water partition coefficient (Wildman–Crippen LogP) is 4.40. The lowest BCUT2D eigenvalue weighted by atomic mass is 9.88. The lowest BCUT2D eigenvalue weighted by molar-refractivity contribution is -0.0496. The van der Waals surface area contributed by atoms with Crippen LogP contribution in [0.4, 0.5) is 8.78 Å². The van der Waals surface area contributed by atoms with Gasteiger partial charge in [0.1, 0.15) is 17.6 Å². The third-order valence-electron chi connectivity index (χ3n) is 5.21. The largest absolute Gasteiger partial charge is 0.480 e. The van der Waals surface area contributed by atoms with Crippen LogP contribution in [0.15, 0.2) is 60.7 Å². The van der Waals surface area contributed by atoms with Gasteiger partial charge in [-0.25, -0.2) is 18.4 Å². The van der Waals surface area contributed by atoms with Crippen molar-refractivity contribution in [3.8, 4) is 22.6 Å². The number of carbonyl (C=O) groups is 1. The summed E-state index contributed by atoms with van der Waals surface area (Å²) in [5, 5.41) is 5.21. The highest BCUT2D eigenvalue weighted by Crippen LogP contribution is 2.49. The normalized spacial score (nSPS) is 14.7. The van der Waals surface area contributed by atoms with Crippen LogP contribution in [0.5, 0.6) is 11.5 Å². The van der Waals surface area contributed by atoms with Crippen molar-refractivity contribution in [3.05, 3.63) is 82.9 Å². The Balaban J connectivity index is 1.83. The summed E-state index contributed by atoms with van der Waals surface area (Å²) in [5.74, 6) is -0.612. The third-order valence-corrected chi connectivity index (χ3v) is 5.94. The fourth-order valence-corrected chi connectivity index (χ4v) is 4.54. The Hall–Kier alpha value is -3.50. The number of ether oxygens (including phenoxy) is 3. The van der Waals surface area contributed by atoms with Crippen LogP contribution in [-0.2, 0) is 20.5 Å². The van der Waals surface area contributed by atoms with Crippen molar-refractivity contribution < 1.29 is 36.2 Å². The molecule has 10 heteroatoms. The molecule has 178 valence electrons. The Kier molecular flexibility index (Phi) is 6.54. The number of nitrogens with two attached hydrogens (primary N) is 1. The Labute approximate surface area is 195 Å². The van der Waals surface area contributed by atoms with Gasteiger partial charge in [0.25, 0.3) is 0 Å². The van der Waals surface area contributed by atoms with Crippen molar-refractivity contribution >= 4 is 16.0 Å². The molecule has 1 aliphatic rings. The zero-order valence-electron chi connectivity index (χ0n) is 18.0. The minimum absolute atomic E-state index is 0.0657. The van der Waals surface area contributed by atoms with Crippen molar-refractivity contribution in [2.24, 2.45) is 5.14 Å². The maximum absolute atomic E-state index is 13.0. The summed E-state index contributed by atoms with van der Waals surface area (Å²) < 4.78 is 65.3. The van der Waals surface area contributed by atoms with Crippen molar-refractivity contribution in [2.45, 2.75) is 25.4 Å². The van der Waals surface area contributed by atoms with E-state index in [1.807, 2.05) is 0 Å². The van der Waals surface area contributed by atoms with E-state index in [1.165, 1.54) is 12.1 Å². The monoisotopic (exact) mass is 489 g/mol. The molecule has 0 radical (unpaired) electrons. The Morgan fingerprint density at radius 2 is 1.85 bits per heavy atom. The second-order valence-corrected chi connectivity index (χ2v) is 9.19. The van der Waals surface area contributed by atoms with Crippen LogP contribution >= 0.6 is 0 Å². The molecule has 3 aromatic carbocycles. The molecule has 1 atom stereocenters. The molecule has 2 N–H and O–H groups in total. The van der Waals surface area contributed by atoms with Crippen molar-refractivity contribution in [3.63, 3.8) is 0 Å². The SMILES string of the molecule is CCOC(=O)c1ccc(C2Oc3cccc(OC(F)F)c3-c3ccc(CS(N)(=O)=O)cc32)cc1. The fraction of sp³-hybridized carbons (Fsp3) is 0.208. The Morgan fingerprint density at radius 1 is 1.12 bits per heavy atom. The van der Waals surface area contributed by atoms with E-state index in [-0.39, 0.29) is 12.4 Å². The maximum Gasteiger partial charge on any atom is 0.387 e. The number of fused-ring (bicyclic) bond motifs is 3. The molecule has 1 unspecified atom stereocenters. The van der Waals surface area contributed by atoms with E-state index < -0.39 is 34.5 Å². The number of benzene rings is 3. The number of alkyl halides is 2. The molecule has 0 spiro atoms. The van der Waals surface area contributed by atoms with Crippen LogP contribution < -0.4 is 14.6 Å². The molecule has 34 heavy (non-hydrogen) atoms. The van der Waals surface area contributed by atoms with Gasteiger partial charge in [-0.1, -0.05) is 36.4 Å². The zero-order valence-corrected chi connectivity index (χ0v) is 18.8. The summed E-state index contributed by atoms with van der Waals surface area (Å²) in [6.07, 6.45) is -0.707. The molecule has 4 rings (SSSR count). The first-order valence-electron chi connectivity index (χ1n) is 10.3. The van der Waals surface area contributed by atoms with Gasteiger partial charge < -0.3 is 14.2 Å². The highest BCUT2D eigenvalue weighted by molar-refractivity contribution is 7.88. The lowest BCUT2D eigenvalue weighted by Crippen LogP contribution is -2.18. The number of primary sulfonamides is 1. The average Bonchev–Trinajstić information content (AvgIpc) is 2.77.